The summed E-state index contributed by atoms with van der Waals surface area (Å²) in [5, 5.41) is 5.68. The van der Waals surface area contributed by atoms with Crippen molar-refractivity contribution in [2.24, 2.45) is 0 Å². The Bertz CT molecular complexity index is 2460. The summed E-state index contributed by atoms with van der Waals surface area (Å²) in [5.74, 6) is 0. The third kappa shape index (κ3) is 4.19. The van der Waals surface area contributed by atoms with E-state index in [0.29, 0.717) is 0 Å². The number of aryl methyl sites for hydroxylation is 8. The summed E-state index contributed by atoms with van der Waals surface area (Å²) in [6, 6.07) is 0. The van der Waals surface area contributed by atoms with E-state index in [-0.39, 0.29) is 0 Å². The van der Waals surface area contributed by atoms with E-state index >= 15 is 0 Å². The van der Waals surface area contributed by atoms with Gasteiger partial charge in [0, 0.05) is 21.5 Å². The molecular weight excluding hydrogens is 629 g/mol. The number of aromatic nitrogens is 2. The topological polar surface area (TPSA) is 9.86 Å². The lowest BCUT2D eigenvalue weighted by atomic mass is 9.90. The van der Waals surface area contributed by atoms with Crippen LogP contribution in [-0.2, 0) is 0 Å². The minimum absolute atomic E-state index is 1.33. The summed E-state index contributed by atoms with van der Waals surface area (Å²) < 4.78 is 5.42. The average molecular weight is 689 g/mol. The summed E-state index contributed by atoms with van der Waals surface area (Å²) in [7, 11) is 0. The van der Waals surface area contributed by atoms with Crippen LogP contribution >= 0.6 is 0 Å². The molecule has 2 aromatic heterocycles. The number of nitrogens with zero attached hydrogens (tertiary/aromatic N) is 2. The van der Waals surface area contributed by atoms with E-state index in [1.807, 2.05) is 0 Å². The van der Waals surface area contributed by atoms with Gasteiger partial charge in [-0.05, 0) is 250 Å². The number of rotatable bonds is 2. The van der Waals surface area contributed by atoms with Crippen LogP contribution in [0.3, 0.4) is 0 Å². The molecule has 0 fully saturated rings. The third-order valence-corrected chi connectivity index (χ3v) is 15.0. The molecule has 0 saturated heterocycles. The lowest BCUT2D eigenvalue weighted by molar-refractivity contribution is 1.02. The smallest absolute Gasteiger partial charge is 0.0576 e. The zero-order chi connectivity index (χ0) is 38.5. The lowest BCUT2D eigenvalue weighted by Gasteiger charge is -2.26. The van der Waals surface area contributed by atoms with Crippen molar-refractivity contribution in [2.45, 2.75) is 138 Å². The second-order valence-corrected chi connectivity index (χ2v) is 16.8. The molecule has 270 valence electrons. The SMILES string of the molecule is Cc1c(C)c(-n2c3c(C)c(C)c(C)c(C)c3c3c(C)c(C)c(C)c(C)c32)c(C)c(-n2c3c(C)c(C)c(C)c(C)c3c3c(C)c(C)c(C)c(C)c32)c1C. The van der Waals surface area contributed by atoms with Crippen molar-refractivity contribution in [2.75, 3.05) is 0 Å². The number of hydrogen-bond acceptors (Lipinski definition) is 0. The largest absolute Gasteiger partial charge is 0.308 e. The van der Waals surface area contributed by atoms with Gasteiger partial charge in [0.05, 0.1) is 33.4 Å². The van der Waals surface area contributed by atoms with Crippen molar-refractivity contribution in [1.82, 2.24) is 9.13 Å². The Morgan fingerprint density at radius 1 is 0.173 bits per heavy atom. The summed E-state index contributed by atoms with van der Waals surface area (Å²) in [5.41, 5.74) is 36.0. The van der Waals surface area contributed by atoms with Crippen LogP contribution in [0.25, 0.3) is 55.0 Å². The molecule has 0 aliphatic rings. The number of benzene rings is 5. The van der Waals surface area contributed by atoms with E-state index in [2.05, 4.69) is 148 Å². The molecule has 0 atom stereocenters. The highest BCUT2D eigenvalue weighted by molar-refractivity contribution is 6.17. The predicted octanol–water partition coefficient (Wildman–Crippen LogP) is 14.0. The molecule has 7 rings (SSSR count). The van der Waals surface area contributed by atoms with Crippen LogP contribution in [0, 0.1) is 138 Å². The second kappa shape index (κ2) is 11.6. The molecule has 2 heterocycles. The summed E-state index contributed by atoms with van der Waals surface area (Å²) in [6.07, 6.45) is 0. The van der Waals surface area contributed by atoms with Crippen LogP contribution in [0.4, 0.5) is 0 Å². The summed E-state index contributed by atoms with van der Waals surface area (Å²) >= 11 is 0. The first-order valence-corrected chi connectivity index (χ1v) is 19.3. The highest BCUT2D eigenvalue weighted by Gasteiger charge is 2.30. The third-order valence-electron chi connectivity index (χ3n) is 15.0. The van der Waals surface area contributed by atoms with Crippen LogP contribution in [0.2, 0.25) is 0 Å². The molecule has 0 amide bonds. The van der Waals surface area contributed by atoms with Crippen LogP contribution in [-0.4, -0.2) is 9.13 Å². The zero-order valence-corrected chi connectivity index (χ0v) is 35.9. The van der Waals surface area contributed by atoms with Crippen molar-refractivity contribution in [3.05, 3.63) is 111 Å². The van der Waals surface area contributed by atoms with Gasteiger partial charge in [-0.1, -0.05) is 0 Å². The monoisotopic (exact) mass is 688 g/mol. The van der Waals surface area contributed by atoms with Gasteiger partial charge in [-0.15, -0.1) is 0 Å². The minimum atomic E-state index is 1.33. The summed E-state index contributed by atoms with van der Waals surface area (Å²) in [6.45, 7) is 46.9. The molecule has 0 aliphatic carbocycles. The van der Waals surface area contributed by atoms with Gasteiger partial charge in [0.15, 0.2) is 0 Å². The van der Waals surface area contributed by atoms with Gasteiger partial charge < -0.3 is 9.13 Å². The highest BCUT2D eigenvalue weighted by Crippen LogP contribution is 2.48. The fourth-order valence-electron chi connectivity index (χ4n) is 10.2. The Kier molecular flexibility index (Phi) is 8.05. The van der Waals surface area contributed by atoms with E-state index in [4.69, 9.17) is 0 Å². The predicted molar refractivity (Wildman–Crippen MR) is 230 cm³/mol. The standard InChI is InChI=1S/C50H60N2/c1-21-25(5)36(16)47-41(30(21)10)42-31(11)22(2)26(6)37(17)48(42)51(47)45-34(14)29(9)35(15)46(40(45)20)52-49-38(18)27(7)23(3)32(12)43(49)44-33(13)24(4)28(8)39(19)50(44)52/h1-20H3. The quantitative estimate of drug-likeness (QED) is 0.171. The van der Waals surface area contributed by atoms with Crippen LogP contribution in [0.5, 0.6) is 0 Å². The van der Waals surface area contributed by atoms with Gasteiger partial charge in [-0.25, -0.2) is 0 Å². The second-order valence-electron chi connectivity index (χ2n) is 16.8. The Balaban J connectivity index is 1.84. The molecule has 0 bridgehead atoms. The Morgan fingerprint density at radius 2 is 0.346 bits per heavy atom. The van der Waals surface area contributed by atoms with E-state index in [1.165, 1.54) is 166 Å². The maximum absolute atomic E-state index is 2.71. The minimum Gasteiger partial charge on any atom is -0.308 e. The van der Waals surface area contributed by atoms with Gasteiger partial charge in [0.2, 0.25) is 0 Å². The number of fused-ring (bicyclic) bond motifs is 6. The van der Waals surface area contributed by atoms with Crippen molar-refractivity contribution in [1.29, 1.82) is 0 Å². The molecule has 0 radical (unpaired) electrons. The fourth-order valence-corrected chi connectivity index (χ4v) is 10.2. The van der Waals surface area contributed by atoms with Crippen molar-refractivity contribution < 1.29 is 0 Å². The molecular formula is C50H60N2. The van der Waals surface area contributed by atoms with Gasteiger partial charge in [0.25, 0.3) is 0 Å². The molecule has 2 heteroatoms. The first kappa shape index (κ1) is 36.1. The molecule has 0 unspecified atom stereocenters. The van der Waals surface area contributed by atoms with Crippen LogP contribution in [0.15, 0.2) is 0 Å². The first-order valence-electron chi connectivity index (χ1n) is 19.3. The van der Waals surface area contributed by atoms with Crippen molar-refractivity contribution >= 4 is 43.6 Å². The lowest BCUT2D eigenvalue weighted by Crippen LogP contribution is -2.12. The summed E-state index contributed by atoms with van der Waals surface area (Å²) in [4.78, 5) is 0. The Hall–Kier alpha value is -4.30. The van der Waals surface area contributed by atoms with Crippen LogP contribution in [0.1, 0.15) is 111 Å². The molecule has 52 heavy (non-hydrogen) atoms. The van der Waals surface area contributed by atoms with E-state index < -0.39 is 0 Å². The zero-order valence-electron chi connectivity index (χ0n) is 35.9. The molecule has 0 spiro atoms. The molecule has 0 saturated carbocycles. The maximum atomic E-state index is 2.71. The van der Waals surface area contributed by atoms with Gasteiger partial charge in [-0.3, -0.25) is 0 Å². The molecule has 2 nitrogen and oxygen atoms in total. The van der Waals surface area contributed by atoms with E-state index in [1.54, 1.807) is 0 Å². The van der Waals surface area contributed by atoms with E-state index in [9.17, 15) is 0 Å². The Labute approximate surface area is 312 Å². The maximum Gasteiger partial charge on any atom is 0.0576 e. The first-order chi connectivity index (χ1) is 24.2. The number of hydrogen-bond donors (Lipinski definition) is 0. The molecule has 5 aromatic carbocycles. The normalized spacial score (nSPS) is 12.2. The van der Waals surface area contributed by atoms with Gasteiger partial charge >= 0.3 is 0 Å². The van der Waals surface area contributed by atoms with Crippen molar-refractivity contribution in [3.8, 4) is 11.4 Å². The molecule has 7 aromatic rings. The van der Waals surface area contributed by atoms with E-state index in [0.717, 1.165) is 0 Å². The highest BCUT2D eigenvalue weighted by atomic mass is 15.0. The molecule has 0 N–H and O–H groups in total. The van der Waals surface area contributed by atoms with Crippen molar-refractivity contribution in [3.63, 3.8) is 0 Å². The van der Waals surface area contributed by atoms with Gasteiger partial charge in [-0.2, -0.15) is 0 Å². The van der Waals surface area contributed by atoms with Crippen LogP contribution < -0.4 is 0 Å². The van der Waals surface area contributed by atoms with Gasteiger partial charge in [0.1, 0.15) is 0 Å². The average Bonchev–Trinajstić information content (AvgIpc) is 3.65. The molecule has 0 aliphatic heterocycles. The Morgan fingerprint density at radius 3 is 0.558 bits per heavy atom. The fraction of sp³-hybridized carbons (Fsp3) is 0.400.